The number of rotatable bonds is 5. The lowest BCUT2D eigenvalue weighted by Gasteiger charge is -2.38. The summed E-state index contributed by atoms with van der Waals surface area (Å²) in [6.07, 6.45) is 4.63. The van der Waals surface area contributed by atoms with Crippen LogP contribution in [0, 0.1) is 5.92 Å². The van der Waals surface area contributed by atoms with Gasteiger partial charge in [0.1, 0.15) is 0 Å². The number of unbranched alkanes of at least 4 members (excludes halogenated alkanes) is 2. The summed E-state index contributed by atoms with van der Waals surface area (Å²) in [5.74, 6) is -2.85. The number of alkyl halides is 2. The Hall–Kier alpha value is -0.180. The van der Waals surface area contributed by atoms with E-state index in [1.807, 2.05) is 11.8 Å². The Balaban J connectivity index is 2.33. The van der Waals surface area contributed by atoms with Crippen LogP contribution in [-0.2, 0) is 0 Å². The summed E-state index contributed by atoms with van der Waals surface area (Å²) in [5.41, 5.74) is 0. The van der Waals surface area contributed by atoms with Crippen LogP contribution in [0.25, 0.3) is 0 Å². The third-order valence-electron chi connectivity index (χ3n) is 3.40. The van der Waals surface area contributed by atoms with E-state index in [9.17, 15) is 8.78 Å². The second kappa shape index (κ2) is 5.78. The molecule has 15 heavy (non-hydrogen) atoms. The molecule has 0 amide bonds. The van der Waals surface area contributed by atoms with E-state index >= 15 is 0 Å². The van der Waals surface area contributed by atoms with E-state index in [0.29, 0.717) is 12.8 Å². The summed E-state index contributed by atoms with van der Waals surface area (Å²) in [6.45, 7) is 5.69. The summed E-state index contributed by atoms with van der Waals surface area (Å²) in [5, 5.41) is 0. The van der Waals surface area contributed by atoms with Crippen LogP contribution in [0.4, 0.5) is 8.78 Å². The maximum atomic E-state index is 13.6. The van der Waals surface area contributed by atoms with Crippen LogP contribution in [0.2, 0.25) is 0 Å². The molecule has 0 aromatic heterocycles. The fourth-order valence-electron chi connectivity index (χ4n) is 2.33. The second-order valence-electron chi connectivity index (χ2n) is 4.64. The molecule has 0 aromatic rings. The molecule has 0 spiro atoms. The molecule has 0 aliphatic carbocycles. The van der Waals surface area contributed by atoms with Crippen LogP contribution in [0.15, 0.2) is 0 Å². The smallest absolute Gasteiger partial charge is 0.263 e. The first-order valence-corrected chi connectivity index (χ1v) is 6.20. The number of likely N-dealkylation sites (tertiary alicyclic amines) is 1. The lowest BCUT2D eigenvalue weighted by molar-refractivity contribution is -0.111. The van der Waals surface area contributed by atoms with Crippen molar-refractivity contribution < 1.29 is 8.78 Å². The fourth-order valence-corrected chi connectivity index (χ4v) is 2.33. The highest BCUT2D eigenvalue weighted by molar-refractivity contribution is 4.85. The average Bonchev–Trinajstić information content (AvgIpc) is 2.17. The monoisotopic (exact) mass is 219 g/mol. The zero-order valence-corrected chi connectivity index (χ0v) is 9.94. The topological polar surface area (TPSA) is 3.24 Å². The number of piperidine rings is 1. The van der Waals surface area contributed by atoms with E-state index < -0.39 is 5.92 Å². The van der Waals surface area contributed by atoms with Crippen LogP contribution in [0.1, 0.15) is 46.0 Å². The molecule has 1 aliphatic heterocycles. The molecule has 1 rings (SSSR count). The van der Waals surface area contributed by atoms with Gasteiger partial charge in [-0.15, -0.1) is 0 Å². The average molecular weight is 219 g/mol. The molecular weight excluding hydrogens is 196 g/mol. The Labute approximate surface area is 91.8 Å². The molecule has 1 atom stereocenters. The molecule has 1 saturated heterocycles. The number of nitrogens with zero attached hydrogens (tertiary/aromatic N) is 1. The third-order valence-corrected chi connectivity index (χ3v) is 3.40. The van der Waals surface area contributed by atoms with E-state index in [-0.39, 0.29) is 12.5 Å². The zero-order valence-electron chi connectivity index (χ0n) is 9.94. The van der Waals surface area contributed by atoms with Crippen LogP contribution in [-0.4, -0.2) is 30.5 Å². The van der Waals surface area contributed by atoms with E-state index in [2.05, 4.69) is 6.92 Å². The van der Waals surface area contributed by atoms with Gasteiger partial charge in [0, 0.05) is 5.92 Å². The van der Waals surface area contributed by atoms with Gasteiger partial charge in [0.05, 0.1) is 6.54 Å². The lowest BCUT2D eigenvalue weighted by atomic mass is 9.90. The SMILES string of the molecule is CCCCCN1CCC(CC)C(F)(F)C1. The molecule has 1 fully saturated rings. The minimum atomic E-state index is -2.46. The lowest BCUT2D eigenvalue weighted by Crippen LogP contribution is -2.48. The van der Waals surface area contributed by atoms with Gasteiger partial charge in [0.25, 0.3) is 5.92 Å². The van der Waals surface area contributed by atoms with Crippen LogP contribution in [0.5, 0.6) is 0 Å². The first-order chi connectivity index (χ1) is 7.10. The Kier molecular flexibility index (Phi) is 4.97. The van der Waals surface area contributed by atoms with Crippen molar-refractivity contribution in [3.63, 3.8) is 0 Å². The van der Waals surface area contributed by atoms with Crippen molar-refractivity contribution in [3.05, 3.63) is 0 Å². The quantitative estimate of drug-likeness (QED) is 0.639. The van der Waals surface area contributed by atoms with Gasteiger partial charge in [-0.2, -0.15) is 0 Å². The molecule has 3 heteroatoms. The van der Waals surface area contributed by atoms with Crippen molar-refractivity contribution in [2.24, 2.45) is 5.92 Å². The Morgan fingerprint density at radius 2 is 2.00 bits per heavy atom. The minimum Gasteiger partial charge on any atom is -0.297 e. The first kappa shape index (κ1) is 12.9. The summed E-state index contributed by atoms with van der Waals surface area (Å²) < 4.78 is 27.2. The maximum absolute atomic E-state index is 13.6. The predicted molar refractivity (Wildman–Crippen MR) is 59.3 cm³/mol. The Bertz CT molecular complexity index is 180. The summed E-state index contributed by atoms with van der Waals surface area (Å²) in [6, 6.07) is 0. The van der Waals surface area contributed by atoms with Crippen LogP contribution in [0.3, 0.4) is 0 Å². The molecule has 0 N–H and O–H groups in total. The second-order valence-corrected chi connectivity index (χ2v) is 4.64. The third kappa shape index (κ3) is 3.71. The van der Waals surface area contributed by atoms with Crippen molar-refractivity contribution in [2.45, 2.75) is 51.9 Å². The normalized spacial score (nSPS) is 26.8. The summed E-state index contributed by atoms with van der Waals surface area (Å²) in [7, 11) is 0. The van der Waals surface area contributed by atoms with Crippen molar-refractivity contribution >= 4 is 0 Å². The van der Waals surface area contributed by atoms with E-state index in [4.69, 9.17) is 0 Å². The van der Waals surface area contributed by atoms with Crippen molar-refractivity contribution in [3.8, 4) is 0 Å². The number of hydrogen-bond donors (Lipinski definition) is 0. The van der Waals surface area contributed by atoms with Crippen LogP contribution < -0.4 is 0 Å². The maximum Gasteiger partial charge on any atom is 0.263 e. The van der Waals surface area contributed by atoms with Gasteiger partial charge in [-0.3, -0.25) is 4.90 Å². The molecule has 0 saturated carbocycles. The van der Waals surface area contributed by atoms with Gasteiger partial charge >= 0.3 is 0 Å². The fraction of sp³-hybridized carbons (Fsp3) is 1.00. The van der Waals surface area contributed by atoms with Gasteiger partial charge in [-0.25, -0.2) is 8.78 Å². The largest absolute Gasteiger partial charge is 0.297 e. The number of hydrogen-bond acceptors (Lipinski definition) is 1. The van der Waals surface area contributed by atoms with Gasteiger partial charge in [0.2, 0.25) is 0 Å². The van der Waals surface area contributed by atoms with Crippen LogP contribution >= 0.6 is 0 Å². The molecule has 1 nitrogen and oxygen atoms in total. The van der Waals surface area contributed by atoms with Gasteiger partial charge in [0.15, 0.2) is 0 Å². The molecule has 1 heterocycles. The summed E-state index contributed by atoms with van der Waals surface area (Å²) >= 11 is 0. The zero-order chi connectivity index (χ0) is 11.3. The van der Waals surface area contributed by atoms with Gasteiger partial charge in [-0.1, -0.05) is 26.7 Å². The summed E-state index contributed by atoms with van der Waals surface area (Å²) in [4.78, 5) is 1.93. The van der Waals surface area contributed by atoms with Crippen molar-refractivity contribution in [1.29, 1.82) is 0 Å². The standard InChI is InChI=1S/C12H23F2N/c1-3-5-6-8-15-9-7-11(4-2)12(13,14)10-15/h11H,3-10H2,1-2H3. The minimum absolute atomic E-state index is 0.0186. The van der Waals surface area contributed by atoms with E-state index in [1.54, 1.807) is 0 Å². The van der Waals surface area contributed by atoms with Crippen molar-refractivity contribution in [1.82, 2.24) is 4.90 Å². The van der Waals surface area contributed by atoms with Gasteiger partial charge < -0.3 is 0 Å². The molecular formula is C12H23F2N. The number of halogens is 2. The van der Waals surface area contributed by atoms with E-state index in [1.165, 1.54) is 0 Å². The highest BCUT2D eigenvalue weighted by Crippen LogP contribution is 2.34. The molecule has 0 bridgehead atoms. The first-order valence-electron chi connectivity index (χ1n) is 6.20. The molecule has 0 radical (unpaired) electrons. The molecule has 1 unspecified atom stereocenters. The Morgan fingerprint density at radius 1 is 1.27 bits per heavy atom. The molecule has 1 aliphatic rings. The molecule has 90 valence electrons. The molecule has 0 aromatic carbocycles. The van der Waals surface area contributed by atoms with Crippen molar-refractivity contribution in [2.75, 3.05) is 19.6 Å². The highest BCUT2D eigenvalue weighted by Gasteiger charge is 2.42. The Morgan fingerprint density at radius 3 is 2.53 bits per heavy atom. The predicted octanol–water partition coefficient (Wildman–Crippen LogP) is 3.54. The highest BCUT2D eigenvalue weighted by atomic mass is 19.3. The van der Waals surface area contributed by atoms with Gasteiger partial charge in [-0.05, 0) is 32.4 Å². The van der Waals surface area contributed by atoms with E-state index in [0.717, 1.165) is 32.4 Å².